The minimum absolute atomic E-state index is 0.0232. The summed E-state index contributed by atoms with van der Waals surface area (Å²) in [5, 5.41) is 3.65. The van der Waals surface area contributed by atoms with E-state index in [1.54, 1.807) is 0 Å². The first kappa shape index (κ1) is 16.4. The van der Waals surface area contributed by atoms with Gasteiger partial charge < -0.3 is 15.8 Å². The van der Waals surface area contributed by atoms with Crippen molar-refractivity contribution < 1.29 is 31.6 Å². The van der Waals surface area contributed by atoms with Crippen molar-refractivity contribution in [1.82, 2.24) is 15.3 Å². The van der Waals surface area contributed by atoms with E-state index in [1.165, 1.54) is 0 Å². The number of ether oxygens (including phenoxy) is 1. The van der Waals surface area contributed by atoms with E-state index in [9.17, 15) is 18.0 Å². The number of nitrogens with one attached hydrogen (secondary N) is 1. The second-order valence-corrected chi connectivity index (χ2v) is 6.82. The fraction of sp³-hybridized carbons (Fsp3) is 0.818. The molecule has 4 N–H and O–H groups in total. The van der Waals surface area contributed by atoms with Gasteiger partial charge in [-0.2, -0.15) is 13.5 Å². The molecule has 3 aliphatic heterocycles. The maximum atomic E-state index is 12.4. The number of urea groups is 1. The second kappa shape index (κ2) is 5.56. The molecule has 3 heterocycles. The zero-order valence-corrected chi connectivity index (χ0v) is 13.0. The summed E-state index contributed by atoms with van der Waals surface area (Å²) in [6, 6.07) is -1.40. The lowest BCUT2D eigenvalue weighted by atomic mass is 9.96. The van der Waals surface area contributed by atoms with Crippen LogP contribution in [0.2, 0.25) is 0 Å². The largest absolute Gasteiger partial charge is 0.418 e. The average Bonchev–Trinajstić information content (AvgIpc) is 2.64. The summed E-state index contributed by atoms with van der Waals surface area (Å²) in [5.41, 5.74) is 3.83. The normalized spacial score (nSPS) is 33.7. The van der Waals surface area contributed by atoms with Gasteiger partial charge in [0.2, 0.25) is 5.72 Å². The summed E-state index contributed by atoms with van der Waals surface area (Å²) in [6.07, 6.45) is 1.26. The van der Waals surface area contributed by atoms with Crippen LogP contribution in [-0.2, 0) is 24.2 Å². The van der Waals surface area contributed by atoms with E-state index < -0.39 is 34.1 Å². The number of primary amides is 1. The second-order valence-electron chi connectivity index (χ2n) is 5.81. The molecule has 3 rings (SSSR count). The highest BCUT2D eigenvalue weighted by molar-refractivity contribution is 7.80. The minimum atomic E-state index is -4.85. The highest BCUT2D eigenvalue weighted by atomic mass is 32.3. The number of nitrogens with two attached hydrogens (primary N) is 1. The van der Waals surface area contributed by atoms with Gasteiger partial charge in [0, 0.05) is 19.0 Å². The van der Waals surface area contributed by atoms with E-state index in [-0.39, 0.29) is 32.0 Å². The van der Waals surface area contributed by atoms with Crippen molar-refractivity contribution >= 4 is 22.3 Å². The molecule has 0 aromatic carbocycles. The standard InChI is InChI=1S/C11H18N4O7S/c12-9(16)11(21-6-7-2-4-13-7)3-1-8-5-14(11)10(17)15(8)22-23(18,19)20/h7-8,13H,1-6H2,(H2,12,16)(H,18,19,20)/t7-,8?,11?/m1/s1. The molecule has 2 bridgehead atoms. The molecule has 130 valence electrons. The Morgan fingerprint density at radius 2 is 2.17 bits per heavy atom. The van der Waals surface area contributed by atoms with E-state index in [2.05, 4.69) is 9.60 Å². The van der Waals surface area contributed by atoms with Gasteiger partial charge in [0.25, 0.3) is 5.91 Å². The third kappa shape index (κ3) is 2.87. The number of piperidine rings is 1. The Kier molecular flexibility index (Phi) is 3.96. The first-order valence-corrected chi connectivity index (χ1v) is 8.54. The number of rotatable bonds is 6. The van der Waals surface area contributed by atoms with E-state index in [1.807, 2.05) is 0 Å². The minimum Gasteiger partial charge on any atom is -0.365 e. The summed E-state index contributed by atoms with van der Waals surface area (Å²) in [6.45, 7) is 1.09. The SMILES string of the molecule is NC(=O)C1(OC[C@H]2CCN2)CCC2CN1C(=O)N2OS(=O)(=O)O. The Labute approximate surface area is 132 Å². The third-order valence-corrected chi connectivity index (χ3v) is 4.75. The summed E-state index contributed by atoms with van der Waals surface area (Å²) < 4.78 is 40.5. The molecule has 0 saturated carbocycles. The Morgan fingerprint density at radius 3 is 2.70 bits per heavy atom. The van der Waals surface area contributed by atoms with E-state index >= 15 is 0 Å². The van der Waals surface area contributed by atoms with Gasteiger partial charge in [-0.1, -0.05) is 0 Å². The van der Waals surface area contributed by atoms with Gasteiger partial charge in [0.1, 0.15) is 0 Å². The van der Waals surface area contributed by atoms with Crippen LogP contribution in [0.3, 0.4) is 0 Å². The molecule has 0 aliphatic carbocycles. The lowest BCUT2D eigenvalue weighted by Crippen LogP contribution is -2.63. The summed E-state index contributed by atoms with van der Waals surface area (Å²) in [7, 11) is -4.85. The van der Waals surface area contributed by atoms with Crippen LogP contribution in [0.25, 0.3) is 0 Å². The Balaban J connectivity index is 1.80. The Bertz CT molecular complexity index is 622. The number of nitrogens with zero attached hydrogens (tertiary/aromatic N) is 2. The lowest BCUT2D eigenvalue weighted by molar-refractivity contribution is -0.176. The lowest BCUT2D eigenvalue weighted by Gasteiger charge is -2.42. The Morgan fingerprint density at radius 1 is 1.48 bits per heavy atom. The van der Waals surface area contributed by atoms with Crippen LogP contribution in [0, 0.1) is 0 Å². The van der Waals surface area contributed by atoms with E-state index in [0.29, 0.717) is 5.06 Å². The summed E-state index contributed by atoms with van der Waals surface area (Å²) in [5.74, 6) is -0.822. The number of hydrogen-bond acceptors (Lipinski definition) is 7. The van der Waals surface area contributed by atoms with Gasteiger partial charge in [-0.05, 0) is 19.4 Å². The molecule has 12 heteroatoms. The molecule has 3 atom stereocenters. The molecule has 0 radical (unpaired) electrons. The molecule has 3 fully saturated rings. The topological polar surface area (TPSA) is 151 Å². The molecule has 11 nitrogen and oxygen atoms in total. The monoisotopic (exact) mass is 350 g/mol. The maximum absolute atomic E-state index is 12.4. The highest BCUT2D eigenvalue weighted by Gasteiger charge is 2.58. The predicted molar refractivity (Wildman–Crippen MR) is 73.9 cm³/mol. The number of hydroxylamine groups is 2. The summed E-state index contributed by atoms with van der Waals surface area (Å²) >= 11 is 0. The van der Waals surface area contributed by atoms with Crippen molar-refractivity contribution in [3.05, 3.63) is 0 Å². The van der Waals surface area contributed by atoms with Crippen LogP contribution >= 0.6 is 0 Å². The third-order valence-electron chi connectivity index (χ3n) is 4.41. The van der Waals surface area contributed by atoms with E-state index in [4.69, 9.17) is 15.0 Å². The van der Waals surface area contributed by atoms with Crippen molar-refractivity contribution in [3.63, 3.8) is 0 Å². The van der Waals surface area contributed by atoms with Crippen LogP contribution < -0.4 is 11.1 Å². The van der Waals surface area contributed by atoms with Gasteiger partial charge in [0.05, 0.1) is 12.6 Å². The van der Waals surface area contributed by atoms with Crippen molar-refractivity contribution in [1.29, 1.82) is 0 Å². The van der Waals surface area contributed by atoms with Crippen LogP contribution in [0.4, 0.5) is 4.79 Å². The van der Waals surface area contributed by atoms with Crippen LogP contribution in [-0.4, -0.2) is 72.4 Å². The zero-order valence-electron chi connectivity index (χ0n) is 12.2. The van der Waals surface area contributed by atoms with Crippen LogP contribution in [0.15, 0.2) is 0 Å². The molecule has 3 saturated heterocycles. The van der Waals surface area contributed by atoms with Gasteiger partial charge in [0.15, 0.2) is 0 Å². The highest BCUT2D eigenvalue weighted by Crippen LogP contribution is 2.38. The van der Waals surface area contributed by atoms with Gasteiger partial charge >= 0.3 is 16.4 Å². The molecular weight excluding hydrogens is 332 g/mol. The number of fused-ring (bicyclic) bond motifs is 2. The molecular formula is C11H18N4O7S. The molecule has 0 spiro atoms. The molecule has 2 unspecified atom stereocenters. The first-order valence-electron chi connectivity index (χ1n) is 7.18. The van der Waals surface area contributed by atoms with Crippen molar-refractivity contribution in [2.75, 3.05) is 19.7 Å². The van der Waals surface area contributed by atoms with Gasteiger partial charge in [-0.3, -0.25) is 14.2 Å². The summed E-state index contributed by atoms with van der Waals surface area (Å²) in [4.78, 5) is 25.4. The van der Waals surface area contributed by atoms with Crippen molar-refractivity contribution in [2.24, 2.45) is 5.73 Å². The fourth-order valence-corrected chi connectivity index (χ4v) is 3.44. The van der Waals surface area contributed by atoms with Crippen molar-refractivity contribution in [3.8, 4) is 0 Å². The fourth-order valence-electron chi connectivity index (χ4n) is 3.05. The number of carbonyl (C=O) groups excluding carboxylic acids is 2. The molecule has 0 aromatic rings. The average molecular weight is 350 g/mol. The van der Waals surface area contributed by atoms with E-state index in [0.717, 1.165) is 17.9 Å². The molecule has 0 aromatic heterocycles. The molecule has 23 heavy (non-hydrogen) atoms. The zero-order chi connectivity index (χ0) is 16.8. The number of amides is 3. The van der Waals surface area contributed by atoms with Gasteiger partial charge in [-0.25, -0.2) is 4.79 Å². The quantitative estimate of drug-likeness (QED) is 0.474. The van der Waals surface area contributed by atoms with Crippen molar-refractivity contribution in [2.45, 2.75) is 37.1 Å². The Hall–Kier alpha value is -1.47. The molecule has 3 amide bonds. The van der Waals surface area contributed by atoms with Gasteiger partial charge in [-0.15, -0.1) is 4.28 Å². The number of hydrogen-bond donors (Lipinski definition) is 3. The first-order chi connectivity index (χ1) is 10.7. The van der Waals surface area contributed by atoms with Crippen LogP contribution in [0.1, 0.15) is 19.3 Å². The number of carbonyl (C=O) groups is 2. The smallest absolute Gasteiger partial charge is 0.365 e. The molecule has 3 aliphatic rings. The predicted octanol–water partition coefficient (Wildman–Crippen LogP) is -1.82. The maximum Gasteiger partial charge on any atom is 0.418 e. The van der Waals surface area contributed by atoms with Crippen LogP contribution in [0.5, 0.6) is 0 Å².